The van der Waals surface area contributed by atoms with Gasteiger partial charge in [0.05, 0.1) is 15.1 Å². The van der Waals surface area contributed by atoms with Crippen molar-refractivity contribution in [1.29, 1.82) is 0 Å². The number of amides is 1. The van der Waals surface area contributed by atoms with Crippen molar-refractivity contribution in [2.24, 2.45) is 0 Å². The van der Waals surface area contributed by atoms with Gasteiger partial charge < -0.3 is 10.1 Å². The Bertz CT molecular complexity index is 1400. The van der Waals surface area contributed by atoms with Crippen molar-refractivity contribution in [3.8, 4) is 16.3 Å². The number of hydrogen-bond acceptors (Lipinski definition) is 6. The van der Waals surface area contributed by atoms with Crippen LogP contribution in [0, 0.1) is 17.0 Å². The van der Waals surface area contributed by atoms with Gasteiger partial charge >= 0.3 is 6.61 Å². The Morgan fingerprint density at radius 1 is 1.15 bits per heavy atom. The SMILES string of the molecule is Cc1ccc2sc(-c3ccc(NC(=O)C=Cc4cc([N+](=O)[O-])ccc4OC(F)F)cc3)nc2c1. The first-order valence-electron chi connectivity index (χ1n) is 9.98. The number of aryl methyl sites for hydroxylation is 1. The maximum atomic E-state index is 12.6. The summed E-state index contributed by atoms with van der Waals surface area (Å²) in [4.78, 5) is 27.3. The van der Waals surface area contributed by atoms with Gasteiger partial charge in [0.1, 0.15) is 10.8 Å². The van der Waals surface area contributed by atoms with Crippen molar-refractivity contribution in [2.45, 2.75) is 13.5 Å². The van der Waals surface area contributed by atoms with E-state index in [4.69, 9.17) is 0 Å². The van der Waals surface area contributed by atoms with E-state index in [1.54, 1.807) is 23.5 Å². The fourth-order valence-corrected chi connectivity index (χ4v) is 4.14. The maximum Gasteiger partial charge on any atom is 0.387 e. The summed E-state index contributed by atoms with van der Waals surface area (Å²) < 4.78 is 30.7. The number of hydrogen-bond donors (Lipinski definition) is 1. The Labute approximate surface area is 196 Å². The molecule has 172 valence electrons. The summed E-state index contributed by atoms with van der Waals surface area (Å²) in [6.07, 6.45) is 2.26. The molecule has 4 aromatic rings. The zero-order chi connectivity index (χ0) is 24.2. The number of benzene rings is 3. The Morgan fingerprint density at radius 3 is 2.62 bits per heavy atom. The van der Waals surface area contributed by atoms with Crippen LogP contribution < -0.4 is 10.1 Å². The molecule has 0 aliphatic heterocycles. The standard InChI is InChI=1S/C24H17F2N3O4S/c1-14-2-10-21-19(12-14)28-23(34-21)15-3-6-17(7-4-15)27-22(30)11-5-16-13-18(29(31)32)8-9-20(16)33-24(25)26/h2-13,24H,1H3,(H,27,30). The molecule has 7 nitrogen and oxygen atoms in total. The van der Waals surface area contributed by atoms with E-state index in [1.165, 1.54) is 6.08 Å². The Balaban J connectivity index is 1.47. The van der Waals surface area contributed by atoms with Gasteiger partial charge in [0, 0.05) is 35.0 Å². The molecule has 1 N–H and O–H groups in total. The molecule has 0 atom stereocenters. The summed E-state index contributed by atoms with van der Waals surface area (Å²) in [7, 11) is 0. The molecule has 0 spiro atoms. The van der Waals surface area contributed by atoms with E-state index < -0.39 is 17.4 Å². The van der Waals surface area contributed by atoms with Crippen molar-refractivity contribution in [3.05, 3.63) is 88.0 Å². The highest BCUT2D eigenvalue weighted by Crippen LogP contribution is 2.31. The second-order valence-electron chi connectivity index (χ2n) is 7.25. The van der Waals surface area contributed by atoms with Crippen LogP contribution in [-0.4, -0.2) is 22.4 Å². The number of alkyl halides is 2. The minimum absolute atomic E-state index is 0.0222. The lowest BCUT2D eigenvalue weighted by Gasteiger charge is -2.08. The van der Waals surface area contributed by atoms with Crippen molar-refractivity contribution >= 4 is 44.9 Å². The van der Waals surface area contributed by atoms with Crippen molar-refractivity contribution in [2.75, 3.05) is 5.32 Å². The quantitative estimate of drug-likeness (QED) is 0.186. The van der Waals surface area contributed by atoms with Gasteiger partial charge in [-0.3, -0.25) is 14.9 Å². The fraction of sp³-hybridized carbons (Fsp3) is 0.0833. The van der Waals surface area contributed by atoms with E-state index in [-0.39, 0.29) is 17.0 Å². The largest absolute Gasteiger partial charge is 0.434 e. The third kappa shape index (κ3) is 5.41. The molecular formula is C24H17F2N3O4S. The number of non-ortho nitro benzene ring substituents is 1. The van der Waals surface area contributed by atoms with Gasteiger partial charge in [-0.05, 0) is 61.0 Å². The lowest BCUT2D eigenvalue weighted by molar-refractivity contribution is -0.384. The van der Waals surface area contributed by atoms with E-state index in [0.29, 0.717) is 5.69 Å². The van der Waals surface area contributed by atoms with Crippen LogP contribution in [0.5, 0.6) is 5.75 Å². The van der Waals surface area contributed by atoms with Gasteiger partial charge in [0.2, 0.25) is 5.91 Å². The van der Waals surface area contributed by atoms with Crippen molar-refractivity contribution in [3.63, 3.8) is 0 Å². The number of carbonyl (C=O) groups is 1. The normalized spacial score (nSPS) is 11.3. The number of nitrogens with zero attached hydrogens (tertiary/aromatic N) is 2. The third-order valence-electron chi connectivity index (χ3n) is 4.78. The van der Waals surface area contributed by atoms with Crippen molar-refractivity contribution < 1.29 is 23.2 Å². The van der Waals surface area contributed by atoms with Gasteiger partial charge in [-0.25, -0.2) is 4.98 Å². The van der Waals surface area contributed by atoms with Crippen LogP contribution in [0.3, 0.4) is 0 Å². The van der Waals surface area contributed by atoms with E-state index in [2.05, 4.69) is 15.0 Å². The number of nitro benzene ring substituents is 1. The molecule has 3 aromatic carbocycles. The smallest absolute Gasteiger partial charge is 0.387 e. The number of rotatable bonds is 7. The van der Waals surface area contributed by atoms with E-state index >= 15 is 0 Å². The molecule has 1 aromatic heterocycles. The van der Waals surface area contributed by atoms with Crippen LogP contribution in [0.1, 0.15) is 11.1 Å². The molecule has 4 rings (SSSR count). The zero-order valence-corrected chi connectivity index (χ0v) is 18.5. The summed E-state index contributed by atoms with van der Waals surface area (Å²) in [5.41, 5.74) is 3.14. The van der Waals surface area contributed by atoms with E-state index in [1.807, 2.05) is 37.3 Å². The number of carbonyl (C=O) groups excluding carboxylic acids is 1. The number of ether oxygens (including phenoxy) is 1. The molecule has 34 heavy (non-hydrogen) atoms. The minimum atomic E-state index is -3.11. The highest BCUT2D eigenvalue weighted by Gasteiger charge is 2.14. The molecule has 1 amide bonds. The second kappa shape index (κ2) is 9.75. The number of aromatic nitrogens is 1. The van der Waals surface area contributed by atoms with Gasteiger partial charge in [0.15, 0.2) is 0 Å². The molecule has 0 fully saturated rings. The average molecular weight is 481 g/mol. The summed E-state index contributed by atoms with van der Waals surface area (Å²) in [5, 5.41) is 14.5. The Morgan fingerprint density at radius 2 is 1.91 bits per heavy atom. The number of fused-ring (bicyclic) bond motifs is 1. The number of anilines is 1. The summed E-state index contributed by atoms with van der Waals surface area (Å²) >= 11 is 1.57. The van der Waals surface area contributed by atoms with Crippen LogP contribution in [-0.2, 0) is 4.79 Å². The van der Waals surface area contributed by atoms with E-state index in [9.17, 15) is 23.7 Å². The first kappa shape index (κ1) is 23.0. The lowest BCUT2D eigenvalue weighted by Crippen LogP contribution is -2.08. The average Bonchev–Trinajstić information content (AvgIpc) is 3.21. The highest BCUT2D eigenvalue weighted by atomic mass is 32.1. The molecule has 0 aliphatic carbocycles. The summed E-state index contributed by atoms with van der Waals surface area (Å²) in [6.45, 7) is -1.10. The minimum Gasteiger partial charge on any atom is -0.434 e. The summed E-state index contributed by atoms with van der Waals surface area (Å²) in [5.74, 6) is -0.822. The molecular weight excluding hydrogens is 464 g/mol. The predicted octanol–water partition coefficient (Wildman–Crippen LogP) is 6.43. The van der Waals surface area contributed by atoms with E-state index in [0.717, 1.165) is 50.6 Å². The summed E-state index contributed by atoms with van der Waals surface area (Å²) in [6, 6.07) is 16.4. The number of nitro groups is 1. The Hall–Kier alpha value is -4.18. The molecule has 0 bridgehead atoms. The first-order chi connectivity index (χ1) is 16.3. The van der Waals surface area contributed by atoms with Gasteiger partial charge in [-0.2, -0.15) is 8.78 Å². The maximum absolute atomic E-state index is 12.6. The second-order valence-corrected chi connectivity index (χ2v) is 8.28. The van der Waals surface area contributed by atoms with Gasteiger partial charge in [0.25, 0.3) is 5.69 Å². The topological polar surface area (TPSA) is 94.4 Å². The highest BCUT2D eigenvalue weighted by molar-refractivity contribution is 7.21. The van der Waals surface area contributed by atoms with Crippen LogP contribution in [0.2, 0.25) is 0 Å². The van der Waals surface area contributed by atoms with Gasteiger partial charge in [-0.15, -0.1) is 11.3 Å². The van der Waals surface area contributed by atoms with Crippen molar-refractivity contribution in [1.82, 2.24) is 4.98 Å². The van der Waals surface area contributed by atoms with Crippen LogP contribution in [0.4, 0.5) is 20.2 Å². The van der Waals surface area contributed by atoms with Crippen LogP contribution in [0.25, 0.3) is 26.9 Å². The molecule has 0 unspecified atom stereocenters. The number of thiazole rings is 1. The molecule has 10 heteroatoms. The number of halogens is 2. The number of nitrogens with one attached hydrogen (secondary N) is 1. The van der Waals surface area contributed by atoms with Crippen LogP contribution >= 0.6 is 11.3 Å². The monoisotopic (exact) mass is 481 g/mol. The lowest BCUT2D eigenvalue weighted by atomic mass is 10.1. The molecule has 0 saturated carbocycles. The Kier molecular flexibility index (Phi) is 6.60. The molecule has 0 saturated heterocycles. The first-order valence-corrected chi connectivity index (χ1v) is 10.8. The fourth-order valence-electron chi connectivity index (χ4n) is 3.19. The zero-order valence-electron chi connectivity index (χ0n) is 17.7. The third-order valence-corrected chi connectivity index (χ3v) is 5.86. The van der Waals surface area contributed by atoms with Gasteiger partial charge in [-0.1, -0.05) is 6.07 Å². The molecule has 0 aliphatic rings. The molecule has 1 heterocycles. The van der Waals surface area contributed by atoms with Crippen LogP contribution in [0.15, 0.2) is 66.7 Å². The predicted molar refractivity (Wildman–Crippen MR) is 127 cm³/mol. The molecule has 0 radical (unpaired) electrons.